The van der Waals surface area contributed by atoms with Crippen LogP contribution >= 0.6 is 11.6 Å². The van der Waals surface area contributed by atoms with Gasteiger partial charge in [-0.3, -0.25) is 4.98 Å². The van der Waals surface area contributed by atoms with Gasteiger partial charge in [0.2, 0.25) is 0 Å². The largest absolute Gasteiger partial charge is 0.393 e. The number of aromatic nitrogens is 1. The molecule has 0 amide bonds. The molecule has 14 heavy (non-hydrogen) atoms. The number of aliphatic hydroxyl groups is 1. The summed E-state index contributed by atoms with van der Waals surface area (Å²) in [4.78, 5) is 3.95. The molecule has 1 aliphatic rings. The van der Waals surface area contributed by atoms with Crippen molar-refractivity contribution in [3.05, 3.63) is 29.0 Å². The zero-order valence-electron chi connectivity index (χ0n) is 8.20. The van der Waals surface area contributed by atoms with Crippen molar-refractivity contribution in [2.45, 2.75) is 32.3 Å². The maximum absolute atomic E-state index is 9.64. The molecule has 1 aliphatic carbocycles. The van der Waals surface area contributed by atoms with Crippen molar-refractivity contribution in [2.24, 2.45) is 5.41 Å². The topological polar surface area (TPSA) is 33.1 Å². The van der Waals surface area contributed by atoms with Gasteiger partial charge in [-0.05, 0) is 37.8 Å². The van der Waals surface area contributed by atoms with Gasteiger partial charge in [0.05, 0.1) is 11.1 Å². The normalized spacial score (nSPS) is 20.5. The highest BCUT2D eigenvalue weighted by molar-refractivity contribution is 6.31. The standard InChI is InChI=1S/C11H14ClNO/c1-8(14)11(3-4-11)6-9-2-5-13-7-10(9)12/h2,5,7-8,14H,3-4,6H2,1H3. The maximum atomic E-state index is 9.64. The van der Waals surface area contributed by atoms with E-state index in [0.29, 0.717) is 5.02 Å². The summed E-state index contributed by atoms with van der Waals surface area (Å²) in [5.41, 5.74) is 1.19. The van der Waals surface area contributed by atoms with Crippen LogP contribution in [0.15, 0.2) is 18.5 Å². The Kier molecular flexibility index (Phi) is 2.50. The van der Waals surface area contributed by atoms with Crippen LogP contribution in [0.3, 0.4) is 0 Å². The predicted molar refractivity (Wildman–Crippen MR) is 56.3 cm³/mol. The van der Waals surface area contributed by atoms with Gasteiger partial charge in [-0.25, -0.2) is 0 Å². The summed E-state index contributed by atoms with van der Waals surface area (Å²) in [6.07, 6.45) is 6.24. The Bertz CT molecular complexity index is 334. The number of nitrogens with zero attached hydrogens (tertiary/aromatic N) is 1. The van der Waals surface area contributed by atoms with Crippen molar-refractivity contribution >= 4 is 11.6 Å². The van der Waals surface area contributed by atoms with E-state index in [1.165, 1.54) is 0 Å². The SMILES string of the molecule is CC(O)C1(Cc2ccncc2Cl)CC1. The van der Waals surface area contributed by atoms with Gasteiger partial charge in [-0.15, -0.1) is 0 Å². The monoisotopic (exact) mass is 211 g/mol. The fourth-order valence-electron chi connectivity index (χ4n) is 1.83. The molecular weight excluding hydrogens is 198 g/mol. The molecule has 1 atom stereocenters. The van der Waals surface area contributed by atoms with Gasteiger partial charge in [0.1, 0.15) is 0 Å². The molecule has 1 aromatic rings. The lowest BCUT2D eigenvalue weighted by Crippen LogP contribution is -2.20. The Balaban J connectivity index is 2.15. The first-order valence-electron chi connectivity index (χ1n) is 4.90. The van der Waals surface area contributed by atoms with Gasteiger partial charge < -0.3 is 5.11 Å². The molecule has 0 aromatic carbocycles. The number of halogens is 1. The molecule has 2 rings (SSSR count). The first-order chi connectivity index (χ1) is 6.64. The third-order valence-electron chi connectivity index (χ3n) is 3.18. The van der Waals surface area contributed by atoms with Gasteiger partial charge in [-0.1, -0.05) is 11.6 Å². The Morgan fingerprint density at radius 3 is 2.86 bits per heavy atom. The van der Waals surface area contributed by atoms with Crippen LogP contribution in [-0.2, 0) is 6.42 Å². The van der Waals surface area contributed by atoms with E-state index in [2.05, 4.69) is 4.98 Å². The molecule has 0 spiro atoms. The highest BCUT2D eigenvalue weighted by atomic mass is 35.5. The van der Waals surface area contributed by atoms with Crippen LogP contribution in [0.1, 0.15) is 25.3 Å². The van der Waals surface area contributed by atoms with E-state index in [0.717, 1.165) is 24.8 Å². The molecule has 0 saturated heterocycles. The molecule has 1 aromatic heterocycles. The molecule has 1 heterocycles. The molecule has 2 nitrogen and oxygen atoms in total. The number of hydrogen-bond acceptors (Lipinski definition) is 2. The minimum absolute atomic E-state index is 0.0883. The molecule has 76 valence electrons. The van der Waals surface area contributed by atoms with Crippen LogP contribution in [0.2, 0.25) is 5.02 Å². The predicted octanol–water partition coefficient (Wildman–Crippen LogP) is 2.44. The summed E-state index contributed by atoms with van der Waals surface area (Å²) < 4.78 is 0. The van der Waals surface area contributed by atoms with Crippen molar-refractivity contribution in [3.63, 3.8) is 0 Å². The summed E-state index contributed by atoms with van der Waals surface area (Å²) in [7, 11) is 0. The maximum Gasteiger partial charge on any atom is 0.0621 e. The first kappa shape index (κ1) is 9.94. The molecule has 1 N–H and O–H groups in total. The summed E-state index contributed by atoms with van der Waals surface area (Å²) in [5.74, 6) is 0. The lowest BCUT2D eigenvalue weighted by Gasteiger charge is -2.18. The average molecular weight is 212 g/mol. The zero-order chi connectivity index (χ0) is 10.2. The van der Waals surface area contributed by atoms with E-state index in [4.69, 9.17) is 11.6 Å². The van der Waals surface area contributed by atoms with Crippen LogP contribution in [0.25, 0.3) is 0 Å². The van der Waals surface area contributed by atoms with E-state index < -0.39 is 0 Å². The van der Waals surface area contributed by atoms with Crippen LogP contribution in [0.4, 0.5) is 0 Å². The lowest BCUT2D eigenvalue weighted by atomic mass is 9.92. The van der Waals surface area contributed by atoms with Crippen molar-refractivity contribution in [1.82, 2.24) is 4.98 Å². The van der Waals surface area contributed by atoms with E-state index >= 15 is 0 Å². The third-order valence-corrected chi connectivity index (χ3v) is 3.52. The second kappa shape index (κ2) is 3.52. The third kappa shape index (κ3) is 1.77. The van der Waals surface area contributed by atoms with Gasteiger partial charge in [0, 0.05) is 17.8 Å². The Morgan fingerprint density at radius 2 is 2.36 bits per heavy atom. The smallest absolute Gasteiger partial charge is 0.0621 e. The second-order valence-corrected chi connectivity index (χ2v) is 4.59. The zero-order valence-corrected chi connectivity index (χ0v) is 8.96. The van der Waals surface area contributed by atoms with Crippen molar-refractivity contribution in [2.75, 3.05) is 0 Å². The Labute approximate surface area is 88.9 Å². The number of hydrogen-bond donors (Lipinski definition) is 1. The van der Waals surface area contributed by atoms with Gasteiger partial charge in [-0.2, -0.15) is 0 Å². The van der Waals surface area contributed by atoms with E-state index in [1.54, 1.807) is 12.4 Å². The summed E-state index contributed by atoms with van der Waals surface area (Å²) in [5, 5.41) is 10.3. The first-order valence-corrected chi connectivity index (χ1v) is 5.28. The number of pyridine rings is 1. The minimum Gasteiger partial charge on any atom is -0.393 e. The molecule has 1 fully saturated rings. The van der Waals surface area contributed by atoms with Crippen LogP contribution in [0, 0.1) is 5.41 Å². The second-order valence-electron chi connectivity index (χ2n) is 4.18. The van der Waals surface area contributed by atoms with Gasteiger partial charge in [0.15, 0.2) is 0 Å². The van der Waals surface area contributed by atoms with Gasteiger partial charge in [0.25, 0.3) is 0 Å². The molecule has 3 heteroatoms. The summed E-state index contributed by atoms with van der Waals surface area (Å²) >= 11 is 6.02. The van der Waals surface area contributed by atoms with E-state index in [9.17, 15) is 5.11 Å². The molecule has 1 saturated carbocycles. The molecule has 1 unspecified atom stereocenters. The van der Waals surface area contributed by atoms with Gasteiger partial charge >= 0.3 is 0 Å². The summed E-state index contributed by atoms with van der Waals surface area (Å²) in [6, 6.07) is 1.94. The molecular formula is C11H14ClNO. The summed E-state index contributed by atoms with van der Waals surface area (Å²) in [6.45, 7) is 1.86. The van der Waals surface area contributed by atoms with E-state index in [1.807, 2.05) is 13.0 Å². The van der Waals surface area contributed by atoms with Crippen molar-refractivity contribution in [1.29, 1.82) is 0 Å². The molecule has 0 radical (unpaired) electrons. The Morgan fingerprint density at radius 1 is 1.64 bits per heavy atom. The quantitative estimate of drug-likeness (QED) is 0.833. The van der Waals surface area contributed by atoms with Crippen LogP contribution in [0.5, 0.6) is 0 Å². The fraction of sp³-hybridized carbons (Fsp3) is 0.545. The minimum atomic E-state index is -0.244. The van der Waals surface area contributed by atoms with E-state index in [-0.39, 0.29) is 11.5 Å². The highest BCUT2D eigenvalue weighted by Crippen LogP contribution is 2.51. The lowest BCUT2D eigenvalue weighted by molar-refractivity contribution is 0.110. The highest BCUT2D eigenvalue weighted by Gasteiger charge is 2.46. The molecule has 0 aliphatic heterocycles. The number of rotatable bonds is 3. The van der Waals surface area contributed by atoms with Crippen LogP contribution < -0.4 is 0 Å². The number of aliphatic hydroxyl groups excluding tert-OH is 1. The van der Waals surface area contributed by atoms with Crippen molar-refractivity contribution in [3.8, 4) is 0 Å². The average Bonchev–Trinajstić information content (AvgIpc) is 2.90. The molecule has 0 bridgehead atoms. The van der Waals surface area contributed by atoms with Crippen molar-refractivity contribution < 1.29 is 5.11 Å². The fourth-order valence-corrected chi connectivity index (χ4v) is 2.02. The van der Waals surface area contributed by atoms with Crippen LogP contribution in [-0.4, -0.2) is 16.2 Å². The Hall–Kier alpha value is -0.600.